The van der Waals surface area contributed by atoms with E-state index in [0.717, 1.165) is 5.75 Å². The summed E-state index contributed by atoms with van der Waals surface area (Å²) in [6.07, 6.45) is 1.51. The van der Waals surface area contributed by atoms with Crippen LogP contribution in [-0.2, 0) is 5.41 Å². The molecule has 0 aliphatic carbocycles. The standard InChI is InChI=1S/C27H27N3O3/c1-27(2,3)20-10-14-22(15-11-20)33-17-16-28-25(31)19-8-12-21(13-9-19)30-18-29-24-7-5-4-6-23(24)26(30)32/h4-15,18H,16-17H2,1-3H3,(H,28,31). The molecule has 0 bridgehead atoms. The summed E-state index contributed by atoms with van der Waals surface area (Å²) >= 11 is 0. The Morgan fingerprint density at radius 1 is 0.970 bits per heavy atom. The molecule has 4 rings (SSSR count). The Morgan fingerprint density at radius 2 is 1.67 bits per heavy atom. The number of para-hydroxylation sites is 1. The maximum absolute atomic E-state index is 12.7. The average Bonchev–Trinajstić information content (AvgIpc) is 2.82. The smallest absolute Gasteiger partial charge is 0.265 e. The SMILES string of the molecule is CC(C)(C)c1ccc(OCCNC(=O)c2ccc(-n3cnc4ccccc4c3=O)cc2)cc1. The van der Waals surface area contributed by atoms with Gasteiger partial charge in [-0.2, -0.15) is 0 Å². The van der Waals surface area contributed by atoms with Crippen molar-refractivity contribution in [3.63, 3.8) is 0 Å². The van der Waals surface area contributed by atoms with Crippen LogP contribution in [-0.4, -0.2) is 28.6 Å². The van der Waals surface area contributed by atoms with E-state index >= 15 is 0 Å². The normalized spacial score (nSPS) is 11.4. The molecule has 168 valence electrons. The molecule has 0 radical (unpaired) electrons. The van der Waals surface area contributed by atoms with Crippen LogP contribution in [0.5, 0.6) is 5.75 Å². The highest BCUT2D eigenvalue weighted by Crippen LogP contribution is 2.24. The molecule has 0 spiro atoms. The number of hydrogen-bond donors (Lipinski definition) is 1. The lowest BCUT2D eigenvalue weighted by Gasteiger charge is -2.19. The summed E-state index contributed by atoms with van der Waals surface area (Å²) in [6, 6.07) is 22.1. The van der Waals surface area contributed by atoms with E-state index in [2.05, 4.69) is 43.2 Å². The lowest BCUT2D eigenvalue weighted by molar-refractivity contribution is 0.0947. The minimum Gasteiger partial charge on any atom is -0.492 e. The van der Waals surface area contributed by atoms with Crippen molar-refractivity contribution in [1.82, 2.24) is 14.9 Å². The van der Waals surface area contributed by atoms with Crippen LogP contribution in [0.2, 0.25) is 0 Å². The number of carbonyl (C=O) groups excluding carboxylic acids is 1. The van der Waals surface area contributed by atoms with Gasteiger partial charge in [0.2, 0.25) is 0 Å². The fourth-order valence-corrected chi connectivity index (χ4v) is 3.51. The summed E-state index contributed by atoms with van der Waals surface area (Å²) in [5, 5.41) is 3.41. The molecule has 6 nitrogen and oxygen atoms in total. The van der Waals surface area contributed by atoms with Gasteiger partial charge in [0.25, 0.3) is 11.5 Å². The molecular weight excluding hydrogens is 414 g/mol. The number of hydrogen-bond acceptors (Lipinski definition) is 4. The molecule has 1 aromatic heterocycles. The van der Waals surface area contributed by atoms with Crippen LogP contribution >= 0.6 is 0 Å². The summed E-state index contributed by atoms with van der Waals surface area (Å²) in [6.45, 7) is 7.26. The number of carbonyl (C=O) groups is 1. The van der Waals surface area contributed by atoms with Crippen molar-refractivity contribution in [2.45, 2.75) is 26.2 Å². The van der Waals surface area contributed by atoms with Crippen molar-refractivity contribution in [1.29, 1.82) is 0 Å². The summed E-state index contributed by atoms with van der Waals surface area (Å²) in [5.41, 5.74) is 3.01. The highest BCUT2D eigenvalue weighted by atomic mass is 16.5. The van der Waals surface area contributed by atoms with Crippen LogP contribution in [0.3, 0.4) is 0 Å². The van der Waals surface area contributed by atoms with Gasteiger partial charge < -0.3 is 10.1 Å². The maximum Gasteiger partial charge on any atom is 0.265 e. The summed E-state index contributed by atoms with van der Waals surface area (Å²) in [4.78, 5) is 29.5. The average molecular weight is 442 g/mol. The Labute approximate surface area is 192 Å². The minimum absolute atomic E-state index is 0.0978. The molecular formula is C27H27N3O3. The zero-order valence-corrected chi connectivity index (χ0v) is 19.0. The van der Waals surface area contributed by atoms with Gasteiger partial charge in [0.05, 0.1) is 23.1 Å². The first-order chi connectivity index (χ1) is 15.8. The molecule has 0 fully saturated rings. The van der Waals surface area contributed by atoms with E-state index < -0.39 is 0 Å². The first kappa shape index (κ1) is 22.3. The van der Waals surface area contributed by atoms with Gasteiger partial charge >= 0.3 is 0 Å². The van der Waals surface area contributed by atoms with E-state index in [-0.39, 0.29) is 16.9 Å². The molecule has 1 amide bonds. The molecule has 6 heteroatoms. The van der Waals surface area contributed by atoms with Gasteiger partial charge in [0, 0.05) is 5.56 Å². The zero-order valence-electron chi connectivity index (χ0n) is 19.0. The second-order valence-corrected chi connectivity index (χ2v) is 8.86. The molecule has 3 aromatic carbocycles. The number of amides is 1. The van der Waals surface area contributed by atoms with Crippen LogP contribution in [0, 0.1) is 0 Å². The lowest BCUT2D eigenvalue weighted by Crippen LogP contribution is -2.28. The van der Waals surface area contributed by atoms with Crippen LogP contribution in [0.25, 0.3) is 16.6 Å². The third-order valence-electron chi connectivity index (χ3n) is 5.45. The third kappa shape index (κ3) is 5.12. The fraction of sp³-hybridized carbons (Fsp3) is 0.222. The molecule has 0 saturated heterocycles. The Morgan fingerprint density at radius 3 is 2.36 bits per heavy atom. The van der Waals surface area contributed by atoms with Gasteiger partial charge in [0.15, 0.2) is 0 Å². The first-order valence-corrected chi connectivity index (χ1v) is 10.9. The molecule has 0 aliphatic heterocycles. The van der Waals surface area contributed by atoms with E-state index in [1.165, 1.54) is 16.5 Å². The third-order valence-corrected chi connectivity index (χ3v) is 5.45. The zero-order chi connectivity index (χ0) is 23.4. The Balaban J connectivity index is 1.33. The molecule has 1 heterocycles. The van der Waals surface area contributed by atoms with Crippen molar-refractivity contribution in [3.05, 3.63) is 101 Å². The predicted octanol–water partition coefficient (Wildman–Crippen LogP) is 4.49. The van der Waals surface area contributed by atoms with Crippen molar-refractivity contribution in [3.8, 4) is 11.4 Å². The topological polar surface area (TPSA) is 73.2 Å². The van der Waals surface area contributed by atoms with E-state index in [9.17, 15) is 9.59 Å². The largest absolute Gasteiger partial charge is 0.492 e. The summed E-state index contributed by atoms with van der Waals surface area (Å²) < 4.78 is 7.20. The first-order valence-electron chi connectivity index (χ1n) is 10.9. The van der Waals surface area contributed by atoms with Crippen LogP contribution in [0.4, 0.5) is 0 Å². The van der Waals surface area contributed by atoms with Crippen LogP contribution in [0.15, 0.2) is 83.9 Å². The van der Waals surface area contributed by atoms with Crippen molar-refractivity contribution >= 4 is 16.8 Å². The molecule has 0 atom stereocenters. The number of benzene rings is 3. The minimum atomic E-state index is -0.197. The number of nitrogens with zero attached hydrogens (tertiary/aromatic N) is 2. The van der Waals surface area contributed by atoms with Crippen LogP contribution < -0.4 is 15.6 Å². The van der Waals surface area contributed by atoms with E-state index in [0.29, 0.717) is 35.3 Å². The Hall–Kier alpha value is -3.93. The number of nitrogens with one attached hydrogen (secondary N) is 1. The summed E-state index contributed by atoms with van der Waals surface area (Å²) in [7, 11) is 0. The Bertz CT molecular complexity index is 1320. The number of fused-ring (bicyclic) bond motifs is 1. The van der Waals surface area contributed by atoms with Crippen molar-refractivity contribution in [2.24, 2.45) is 0 Å². The number of ether oxygens (including phenoxy) is 1. The fourth-order valence-electron chi connectivity index (χ4n) is 3.51. The number of aromatic nitrogens is 2. The number of rotatable bonds is 6. The van der Waals surface area contributed by atoms with E-state index in [1.54, 1.807) is 36.4 Å². The van der Waals surface area contributed by atoms with Gasteiger partial charge in [-0.3, -0.25) is 14.2 Å². The van der Waals surface area contributed by atoms with Crippen molar-refractivity contribution < 1.29 is 9.53 Å². The van der Waals surface area contributed by atoms with Gasteiger partial charge in [-0.05, 0) is 59.5 Å². The second kappa shape index (κ2) is 9.28. The Kier molecular flexibility index (Phi) is 6.27. The quantitative estimate of drug-likeness (QED) is 0.448. The van der Waals surface area contributed by atoms with E-state index in [4.69, 9.17) is 4.74 Å². The molecule has 0 unspecified atom stereocenters. The molecule has 33 heavy (non-hydrogen) atoms. The lowest BCUT2D eigenvalue weighted by atomic mass is 9.87. The second-order valence-electron chi connectivity index (χ2n) is 8.86. The van der Waals surface area contributed by atoms with E-state index in [1.807, 2.05) is 24.3 Å². The maximum atomic E-state index is 12.7. The van der Waals surface area contributed by atoms with Gasteiger partial charge in [-0.15, -0.1) is 0 Å². The predicted molar refractivity (Wildman–Crippen MR) is 130 cm³/mol. The summed E-state index contributed by atoms with van der Waals surface area (Å²) in [5.74, 6) is 0.577. The molecule has 4 aromatic rings. The highest BCUT2D eigenvalue weighted by Gasteiger charge is 2.13. The molecule has 1 N–H and O–H groups in total. The molecule has 0 saturated carbocycles. The van der Waals surface area contributed by atoms with Gasteiger partial charge in [-0.25, -0.2) is 4.98 Å². The van der Waals surface area contributed by atoms with Crippen LogP contribution in [0.1, 0.15) is 36.7 Å². The van der Waals surface area contributed by atoms with Gasteiger partial charge in [-0.1, -0.05) is 45.0 Å². The van der Waals surface area contributed by atoms with Gasteiger partial charge in [0.1, 0.15) is 18.7 Å². The van der Waals surface area contributed by atoms with Crippen molar-refractivity contribution in [2.75, 3.05) is 13.2 Å². The molecule has 0 aliphatic rings. The highest BCUT2D eigenvalue weighted by molar-refractivity contribution is 5.94. The monoisotopic (exact) mass is 441 g/mol.